The Morgan fingerprint density at radius 2 is 1.49 bits per heavy atom. The lowest BCUT2D eigenvalue weighted by Gasteiger charge is -2.12. The van der Waals surface area contributed by atoms with Crippen LogP contribution < -0.4 is 10.6 Å². The molecule has 12 heteroatoms. The van der Waals surface area contributed by atoms with Crippen LogP contribution in [0.25, 0.3) is 0 Å². The quantitative estimate of drug-likeness (QED) is 0.117. The van der Waals surface area contributed by atoms with Crippen LogP contribution in [0.4, 0.5) is 0 Å². The van der Waals surface area contributed by atoms with E-state index in [1.807, 2.05) is 27.8 Å². The van der Waals surface area contributed by atoms with Gasteiger partial charge in [0.25, 0.3) is 11.8 Å². The fourth-order valence-corrected chi connectivity index (χ4v) is 3.77. The minimum Gasteiger partial charge on any atom is -0.355 e. The second kappa shape index (κ2) is 29.6. The first-order valence-corrected chi connectivity index (χ1v) is 13.8. The van der Waals surface area contributed by atoms with Gasteiger partial charge in [0.1, 0.15) is 6.29 Å². The van der Waals surface area contributed by atoms with Crippen LogP contribution >= 0.6 is 21.6 Å². The van der Waals surface area contributed by atoms with Crippen LogP contribution in [0.5, 0.6) is 0 Å². The number of carbonyl (C=O) groups excluding carboxylic acids is 6. The molecule has 0 atom stereocenters. The van der Waals surface area contributed by atoms with Crippen LogP contribution in [0.3, 0.4) is 0 Å². The largest absolute Gasteiger partial charge is 0.355 e. The number of rotatable bonds is 18. The number of aldehydes is 1. The van der Waals surface area contributed by atoms with Crippen LogP contribution in [-0.2, 0) is 28.8 Å². The summed E-state index contributed by atoms with van der Waals surface area (Å²) in [6, 6.07) is 0. The Hall–Kier alpha value is -2.44. The molecule has 0 saturated heterocycles. The normalized spacial score (nSPS) is 9.49. The molecule has 0 aliphatic carbocycles. The molecule has 0 unspecified atom stereocenters. The van der Waals surface area contributed by atoms with Gasteiger partial charge in [-0.15, -0.1) is 0 Å². The third kappa shape index (κ3) is 24.5. The van der Waals surface area contributed by atoms with Crippen LogP contribution in [-0.4, -0.2) is 91.4 Å². The topological polar surface area (TPSA) is 133 Å². The molecule has 0 aromatic heterocycles. The Bertz CT molecular complexity index is 648. The predicted octanol–water partition coefficient (Wildman–Crippen LogP) is 1.82. The molecule has 0 aromatic rings. The van der Waals surface area contributed by atoms with Gasteiger partial charge < -0.3 is 15.4 Å². The summed E-state index contributed by atoms with van der Waals surface area (Å²) in [4.78, 5) is 66.7. The van der Waals surface area contributed by atoms with Gasteiger partial charge in [0.15, 0.2) is 0 Å². The van der Waals surface area contributed by atoms with E-state index in [4.69, 9.17) is 0 Å². The van der Waals surface area contributed by atoms with Crippen molar-refractivity contribution in [2.75, 3.05) is 44.7 Å². The number of amides is 5. The maximum absolute atomic E-state index is 11.5. The third-order valence-corrected chi connectivity index (χ3v) is 5.99. The lowest BCUT2D eigenvalue weighted by atomic mass is 10.3. The van der Waals surface area contributed by atoms with Gasteiger partial charge in [0, 0.05) is 50.5 Å². The summed E-state index contributed by atoms with van der Waals surface area (Å²) in [5.41, 5.74) is 0. The molecule has 0 rings (SSSR count). The summed E-state index contributed by atoms with van der Waals surface area (Å²) in [6.45, 7) is 10.9. The Morgan fingerprint density at radius 3 is 1.97 bits per heavy atom. The van der Waals surface area contributed by atoms with Crippen LogP contribution in [0.2, 0.25) is 0 Å². The molecular formula is C23H40N4O6S2. The highest BCUT2D eigenvalue weighted by Gasteiger charge is 2.10. The summed E-state index contributed by atoms with van der Waals surface area (Å²) in [7, 11) is 5.36. The zero-order valence-corrected chi connectivity index (χ0v) is 22.8. The molecule has 35 heavy (non-hydrogen) atoms. The molecule has 200 valence electrons. The Kier molecular flexibility index (Phi) is 31.4. The molecule has 0 fully saturated rings. The van der Waals surface area contributed by atoms with Crippen molar-refractivity contribution in [2.45, 2.75) is 40.0 Å². The van der Waals surface area contributed by atoms with Crippen molar-refractivity contribution >= 4 is 58.4 Å². The van der Waals surface area contributed by atoms with E-state index >= 15 is 0 Å². The second-order valence-electron chi connectivity index (χ2n) is 6.09. The third-order valence-electron chi connectivity index (χ3n) is 3.59. The van der Waals surface area contributed by atoms with Crippen molar-refractivity contribution in [3.63, 3.8) is 0 Å². The maximum Gasteiger partial charge on any atom is 0.252 e. The molecule has 0 heterocycles. The summed E-state index contributed by atoms with van der Waals surface area (Å²) >= 11 is 0. The number of hydrogen-bond donors (Lipinski definition) is 2. The molecule has 5 amide bonds. The van der Waals surface area contributed by atoms with Crippen molar-refractivity contribution in [1.29, 1.82) is 0 Å². The van der Waals surface area contributed by atoms with E-state index in [1.165, 1.54) is 6.08 Å². The highest BCUT2D eigenvalue weighted by Crippen LogP contribution is 2.19. The highest BCUT2D eigenvalue weighted by atomic mass is 33.1. The lowest BCUT2D eigenvalue weighted by Crippen LogP contribution is -2.33. The van der Waals surface area contributed by atoms with Crippen LogP contribution in [0, 0.1) is 0 Å². The fourth-order valence-electron chi connectivity index (χ4n) is 1.86. The standard InChI is InChI=1S/C12H21N3O3S2.C9H13NO3.C2H6/c1-3-12(18)15(10-16)7-4-11(17)14-6-9-20-19-8-5-13-2;1-2-3-5-9(13)10(8-12)6-4-7-11;1-2/h3,10,13H,1,4-9H2,2H3,(H,14,17);3,5,7-8H,2,4,6H2,1H3;1-2H3/b;5-3-;. The summed E-state index contributed by atoms with van der Waals surface area (Å²) in [5.74, 6) is 0.799. The monoisotopic (exact) mass is 532 g/mol. The lowest BCUT2D eigenvalue weighted by molar-refractivity contribution is -0.136. The zero-order valence-electron chi connectivity index (χ0n) is 21.2. The Morgan fingerprint density at radius 1 is 0.914 bits per heavy atom. The van der Waals surface area contributed by atoms with E-state index in [2.05, 4.69) is 17.2 Å². The smallest absolute Gasteiger partial charge is 0.252 e. The number of nitrogens with zero attached hydrogens (tertiary/aromatic N) is 2. The number of hydrogen-bond acceptors (Lipinski definition) is 9. The van der Waals surface area contributed by atoms with Gasteiger partial charge in [0.2, 0.25) is 18.7 Å². The van der Waals surface area contributed by atoms with Crippen molar-refractivity contribution in [2.24, 2.45) is 0 Å². The molecular weight excluding hydrogens is 492 g/mol. The number of allylic oxidation sites excluding steroid dienone is 1. The van der Waals surface area contributed by atoms with E-state index in [-0.39, 0.29) is 37.7 Å². The molecule has 2 N–H and O–H groups in total. The van der Waals surface area contributed by atoms with Gasteiger partial charge >= 0.3 is 0 Å². The SMILES string of the molecule is C=CC(=O)N(C=O)CCC(=O)NCCSSCCNC.CC.CC/C=C\C(=O)N(C=O)CCC=O. The first-order valence-electron chi connectivity index (χ1n) is 11.3. The average Bonchev–Trinajstić information content (AvgIpc) is 2.89. The predicted molar refractivity (Wildman–Crippen MR) is 144 cm³/mol. The molecule has 0 aliphatic heterocycles. The van der Waals surface area contributed by atoms with E-state index in [9.17, 15) is 28.8 Å². The van der Waals surface area contributed by atoms with Gasteiger partial charge in [0.05, 0.1) is 0 Å². The molecule has 0 radical (unpaired) electrons. The zero-order chi connectivity index (χ0) is 27.3. The summed E-state index contributed by atoms with van der Waals surface area (Å²) < 4.78 is 0. The molecule has 0 aromatic carbocycles. The Labute approximate surface area is 217 Å². The first kappa shape index (κ1) is 37.1. The molecule has 10 nitrogen and oxygen atoms in total. The van der Waals surface area contributed by atoms with Gasteiger partial charge in [-0.05, 0) is 25.6 Å². The number of carbonyl (C=O) groups is 6. The molecule has 0 saturated carbocycles. The van der Waals surface area contributed by atoms with Crippen molar-refractivity contribution < 1.29 is 28.8 Å². The molecule has 0 spiro atoms. The molecule has 0 aliphatic rings. The maximum atomic E-state index is 11.5. The minimum absolute atomic E-state index is 0.0737. The first-order chi connectivity index (χ1) is 16.9. The van der Waals surface area contributed by atoms with Crippen molar-refractivity contribution in [1.82, 2.24) is 20.4 Å². The molecule has 0 bridgehead atoms. The summed E-state index contributed by atoms with van der Waals surface area (Å²) in [6.07, 6.45) is 6.60. The van der Waals surface area contributed by atoms with Crippen LogP contribution in [0.15, 0.2) is 24.8 Å². The second-order valence-corrected chi connectivity index (χ2v) is 8.79. The van der Waals surface area contributed by atoms with E-state index in [0.717, 1.165) is 40.3 Å². The van der Waals surface area contributed by atoms with Crippen molar-refractivity contribution in [3.8, 4) is 0 Å². The van der Waals surface area contributed by atoms with Gasteiger partial charge in [-0.2, -0.15) is 0 Å². The van der Waals surface area contributed by atoms with Crippen LogP contribution in [0.1, 0.15) is 40.0 Å². The van der Waals surface area contributed by atoms with Crippen molar-refractivity contribution in [3.05, 3.63) is 24.8 Å². The fraction of sp³-hybridized carbons (Fsp3) is 0.565. The van der Waals surface area contributed by atoms with E-state index < -0.39 is 5.91 Å². The average molecular weight is 533 g/mol. The van der Waals surface area contributed by atoms with E-state index in [1.54, 1.807) is 27.7 Å². The highest BCUT2D eigenvalue weighted by molar-refractivity contribution is 8.76. The van der Waals surface area contributed by atoms with Gasteiger partial charge in [-0.25, -0.2) is 0 Å². The van der Waals surface area contributed by atoms with Gasteiger partial charge in [-0.1, -0.05) is 55.0 Å². The summed E-state index contributed by atoms with van der Waals surface area (Å²) in [5, 5.41) is 5.79. The minimum atomic E-state index is -0.496. The number of nitrogens with one attached hydrogen (secondary N) is 2. The Balaban J connectivity index is -0.000000590. The number of imide groups is 2. The van der Waals surface area contributed by atoms with Gasteiger partial charge in [-0.3, -0.25) is 33.8 Å². The van der Waals surface area contributed by atoms with E-state index in [0.29, 0.717) is 25.7 Å².